The number of hydrogen-bond acceptors (Lipinski definition) is 6. The van der Waals surface area contributed by atoms with Gasteiger partial charge in [0.15, 0.2) is 0 Å². The molecule has 1 atom stereocenters. The van der Waals surface area contributed by atoms with Gasteiger partial charge in [-0.1, -0.05) is 41.9 Å². The third-order valence-corrected chi connectivity index (χ3v) is 6.88. The van der Waals surface area contributed by atoms with E-state index in [0.29, 0.717) is 11.1 Å². The number of ether oxygens (including phenoxy) is 1. The van der Waals surface area contributed by atoms with Crippen molar-refractivity contribution in [1.82, 2.24) is 15.0 Å². The molecule has 0 aliphatic carbocycles. The molecule has 2 aromatic carbocycles. The van der Waals surface area contributed by atoms with Crippen LogP contribution in [-0.4, -0.2) is 15.0 Å². The van der Waals surface area contributed by atoms with E-state index in [-0.39, 0.29) is 17.3 Å². The first kappa shape index (κ1) is 24.8. The van der Waals surface area contributed by atoms with E-state index in [1.54, 1.807) is 30.0 Å². The molecule has 0 fully saturated rings. The minimum absolute atomic E-state index is 0.134. The van der Waals surface area contributed by atoms with Crippen molar-refractivity contribution in [2.45, 2.75) is 18.9 Å². The quantitative estimate of drug-likeness (QED) is 0.223. The summed E-state index contributed by atoms with van der Waals surface area (Å²) in [5.41, 5.74) is 4.35. The maximum absolute atomic E-state index is 13.0. The van der Waals surface area contributed by atoms with E-state index in [1.165, 1.54) is 11.3 Å². The number of nitrogens with zero attached hydrogens (tertiary/aromatic N) is 4. The lowest BCUT2D eigenvalue weighted by molar-refractivity contribution is -0.137. The molecule has 5 nitrogen and oxygen atoms in total. The summed E-state index contributed by atoms with van der Waals surface area (Å²) in [6, 6.07) is 18.0. The van der Waals surface area contributed by atoms with Crippen LogP contribution in [0.3, 0.4) is 0 Å². The highest BCUT2D eigenvalue weighted by atomic mass is 35.5. The molecule has 37 heavy (non-hydrogen) atoms. The Bertz CT molecular complexity index is 1610. The fraction of sp³-hybridized carbons (Fsp3) is 0.111. The van der Waals surface area contributed by atoms with Gasteiger partial charge in [0.1, 0.15) is 6.10 Å². The summed E-state index contributed by atoms with van der Waals surface area (Å²) >= 11 is 7.46. The Labute approximate surface area is 218 Å². The molecule has 0 amide bonds. The number of alkyl halides is 3. The second-order valence-corrected chi connectivity index (χ2v) is 9.37. The number of rotatable bonds is 6. The molecule has 0 saturated heterocycles. The van der Waals surface area contributed by atoms with Crippen molar-refractivity contribution in [1.29, 1.82) is 5.26 Å². The number of hydrogen-bond donors (Lipinski definition) is 0. The summed E-state index contributed by atoms with van der Waals surface area (Å²) < 4.78 is 45.1. The minimum Gasteiger partial charge on any atom is -0.362 e. The molecular formula is C27H16ClF3N4OS. The topological polar surface area (TPSA) is 71.7 Å². The Morgan fingerprint density at radius 3 is 2.59 bits per heavy atom. The van der Waals surface area contributed by atoms with Crippen molar-refractivity contribution in [3.8, 4) is 17.2 Å². The molecule has 0 N–H and O–H groups in total. The molecule has 5 rings (SSSR count). The van der Waals surface area contributed by atoms with Gasteiger partial charge in [-0.25, -0.2) is 0 Å². The van der Waals surface area contributed by atoms with Crippen molar-refractivity contribution in [3.63, 3.8) is 0 Å². The minimum atomic E-state index is -4.55. The van der Waals surface area contributed by atoms with Crippen LogP contribution in [0, 0.1) is 11.3 Å². The summed E-state index contributed by atoms with van der Waals surface area (Å²) in [6.45, 7) is -0.134. The van der Waals surface area contributed by atoms with E-state index < -0.39 is 17.8 Å². The van der Waals surface area contributed by atoms with Crippen molar-refractivity contribution in [2.75, 3.05) is 0 Å². The summed E-state index contributed by atoms with van der Waals surface area (Å²) in [4.78, 5) is 13.3. The number of pyridine rings is 2. The molecule has 0 aliphatic heterocycles. The Kier molecular flexibility index (Phi) is 6.89. The van der Waals surface area contributed by atoms with Gasteiger partial charge in [-0.15, -0.1) is 11.3 Å². The molecular weight excluding hydrogens is 521 g/mol. The summed E-state index contributed by atoms with van der Waals surface area (Å²) in [6.07, 6.45) is -1.07. The lowest BCUT2D eigenvalue weighted by atomic mass is 9.94. The van der Waals surface area contributed by atoms with E-state index in [9.17, 15) is 18.4 Å². The second-order valence-electron chi connectivity index (χ2n) is 8.04. The van der Waals surface area contributed by atoms with Crippen LogP contribution in [0.2, 0.25) is 5.02 Å². The van der Waals surface area contributed by atoms with Crippen LogP contribution in [0.25, 0.3) is 22.0 Å². The highest BCUT2D eigenvalue weighted by Gasteiger charge is 2.31. The van der Waals surface area contributed by atoms with Gasteiger partial charge in [-0.3, -0.25) is 15.0 Å². The monoisotopic (exact) mass is 536 g/mol. The fourth-order valence-corrected chi connectivity index (χ4v) is 4.87. The number of aromatic nitrogens is 3. The van der Waals surface area contributed by atoms with Crippen LogP contribution < -0.4 is 0 Å². The zero-order valence-corrected chi connectivity index (χ0v) is 20.5. The number of nitriles is 1. The number of halogens is 4. The zero-order chi connectivity index (χ0) is 26.0. The molecule has 3 aromatic heterocycles. The van der Waals surface area contributed by atoms with Crippen LogP contribution in [0.15, 0.2) is 78.7 Å². The summed E-state index contributed by atoms with van der Waals surface area (Å²) in [5.74, 6) is 0. The predicted octanol–water partition coefficient (Wildman–Crippen LogP) is 7.60. The standard InChI is InChI=1S/C27H16ClF3N4OS/c28-22-10-19(27(29,30)31)12-35-23(22)14-36-26(24-13-33-15-37-24)17-6-7-18(11-32)21(9-17)20-5-1-3-16-4-2-8-34-25(16)20/h1-10,12-13,15,26H,14H2. The Balaban J connectivity index is 1.53. The molecule has 10 heteroatoms. The van der Waals surface area contributed by atoms with Crippen LogP contribution in [0.4, 0.5) is 13.2 Å². The van der Waals surface area contributed by atoms with Crippen LogP contribution in [0.5, 0.6) is 0 Å². The molecule has 0 spiro atoms. The second kappa shape index (κ2) is 10.3. The van der Waals surface area contributed by atoms with Crippen LogP contribution >= 0.6 is 22.9 Å². The Morgan fingerprint density at radius 2 is 1.86 bits per heavy atom. The van der Waals surface area contributed by atoms with Gasteiger partial charge in [-0.2, -0.15) is 18.4 Å². The summed E-state index contributed by atoms with van der Waals surface area (Å²) in [7, 11) is 0. The maximum atomic E-state index is 13.0. The first-order chi connectivity index (χ1) is 17.8. The molecule has 1 unspecified atom stereocenters. The average Bonchev–Trinajstić information content (AvgIpc) is 3.43. The molecule has 3 heterocycles. The van der Waals surface area contributed by atoms with Crippen molar-refractivity contribution in [3.05, 3.63) is 111 Å². The predicted molar refractivity (Wildman–Crippen MR) is 135 cm³/mol. The molecule has 0 bridgehead atoms. The van der Waals surface area contributed by atoms with Gasteiger partial charge >= 0.3 is 6.18 Å². The fourth-order valence-electron chi connectivity index (χ4n) is 3.95. The lowest BCUT2D eigenvalue weighted by Crippen LogP contribution is -2.09. The summed E-state index contributed by atoms with van der Waals surface area (Å²) in [5, 5.41) is 10.6. The number of benzene rings is 2. The number of fused-ring (bicyclic) bond motifs is 1. The van der Waals surface area contributed by atoms with Gasteiger partial charge in [0.25, 0.3) is 0 Å². The smallest absolute Gasteiger partial charge is 0.362 e. The highest BCUT2D eigenvalue weighted by Crippen LogP contribution is 2.37. The van der Waals surface area contributed by atoms with Gasteiger partial charge in [0.2, 0.25) is 0 Å². The molecule has 0 radical (unpaired) electrons. The van der Waals surface area contributed by atoms with E-state index in [2.05, 4.69) is 21.0 Å². The molecule has 5 aromatic rings. The third-order valence-electron chi connectivity index (χ3n) is 5.73. The Morgan fingerprint density at radius 1 is 1.03 bits per heavy atom. The lowest BCUT2D eigenvalue weighted by Gasteiger charge is -2.19. The number of para-hydroxylation sites is 1. The normalized spacial score (nSPS) is 12.4. The molecule has 184 valence electrons. The average molecular weight is 537 g/mol. The van der Waals surface area contributed by atoms with Gasteiger partial charge < -0.3 is 4.74 Å². The first-order valence-corrected chi connectivity index (χ1v) is 12.2. The van der Waals surface area contributed by atoms with Crippen LogP contribution in [0.1, 0.15) is 33.4 Å². The number of thiazole rings is 1. The van der Waals surface area contributed by atoms with Gasteiger partial charge in [-0.05, 0) is 29.8 Å². The highest BCUT2D eigenvalue weighted by molar-refractivity contribution is 7.09. The van der Waals surface area contributed by atoms with Crippen LogP contribution in [-0.2, 0) is 17.5 Å². The van der Waals surface area contributed by atoms with Gasteiger partial charge in [0, 0.05) is 35.1 Å². The first-order valence-electron chi connectivity index (χ1n) is 10.9. The van der Waals surface area contributed by atoms with E-state index >= 15 is 0 Å². The van der Waals surface area contributed by atoms with E-state index in [4.69, 9.17) is 16.3 Å². The van der Waals surface area contributed by atoms with Gasteiger partial charge in [0.05, 0.1) is 50.4 Å². The SMILES string of the molecule is N#Cc1ccc(C(OCc2ncc(C(F)(F)F)cc2Cl)c2cncs2)cc1-c1cccc2cccnc12. The zero-order valence-electron chi connectivity index (χ0n) is 18.9. The maximum Gasteiger partial charge on any atom is 0.417 e. The molecule has 0 saturated carbocycles. The van der Waals surface area contributed by atoms with Crippen molar-refractivity contribution in [2.24, 2.45) is 0 Å². The third kappa shape index (κ3) is 5.18. The van der Waals surface area contributed by atoms with E-state index in [1.807, 2.05) is 36.4 Å². The van der Waals surface area contributed by atoms with Crippen molar-refractivity contribution < 1.29 is 17.9 Å². The Hall–Kier alpha value is -3.84. The van der Waals surface area contributed by atoms with E-state index in [0.717, 1.165) is 39.2 Å². The molecule has 0 aliphatic rings. The largest absolute Gasteiger partial charge is 0.417 e. The van der Waals surface area contributed by atoms with Crippen molar-refractivity contribution >= 4 is 33.8 Å².